The van der Waals surface area contributed by atoms with E-state index >= 15 is 0 Å². The summed E-state index contributed by atoms with van der Waals surface area (Å²) >= 11 is 14.9. The number of nitrogens with zero attached hydrogens (tertiary/aromatic N) is 3. The van der Waals surface area contributed by atoms with Gasteiger partial charge in [-0.1, -0.05) is 47.1 Å². The first-order valence-electron chi connectivity index (χ1n) is 8.53. The third-order valence-electron chi connectivity index (χ3n) is 3.90. The van der Waals surface area contributed by atoms with Crippen molar-refractivity contribution in [1.82, 2.24) is 14.8 Å². The van der Waals surface area contributed by atoms with Gasteiger partial charge in [0.25, 0.3) is 0 Å². The number of rotatable bonds is 6. The van der Waals surface area contributed by atoms with Crippen molar-refractivity contribution in [2.75, 3.05) is 11.1 Å². The van der Waals surface area contributed by atoms with E-state index in [2.05, 4.69) is 15.5 Å². The minimum absolute atomic E-state index is 0.152. The van der Waals surface area contributed by atoms with Crippen molar-refractivity contribution in [3.63, 3.8) is 0 Å². The van der Waals surface area contributed by atoms with Crippen LogP contribution < -0.4 is 5.32 Å². The van der Waals surface area contributed by atoms with Gasteiger partial charge < -0.3 is 5.32 Å². The summed E-state index contributed by atoms with van der Waals surface area (Å²) in [6.07, 6.45) is 0. The normalized spacial score (nSPS) is 10.8. The number of nitrogens with one attached hydrogen (secondary N) is 1. The lowest BCUT2D eigenvalue weighted by molar-refractivity contribution is -0.113. The Kier molecular flexibility index (Phi) is 6.20. The van der Waals surface area contributed by atoms with Gasteiger partial charge in [0.2, 0.25) is 5.91 Å². The quantitative estimate of drug-likeness (QED) is 0.356. The van der Waals surface area contributed by atoms with Crippen LogP contribution in [-0.2, 0) is 4.79 Å². The molecule has 0 aliphatic carbocycles. The molecule has 146 valence electrons. The smallest absolute Gasteiger partial charge is 0.234 e. The molecule has 4 rings (SSSR count). The molecule has 9 heteroatoms. The Morgan fingerprint density at radius 3 is 2.59 bits per heavy atom. The Morgan fingerprint density at radius 1 is 1.03 bits per heavy atom. The summed E-state index contributed by atoms with van der Waals surface area (Å²) in [5.41, 5.74) is 1.53. The number of carbonyl (C=O) groups excluding carboxylic acids is 1. The van der Waals surface area contributed by atoms with Crippen molar-refractivity contribution in [2.45, 2.75) is 5.16 Å². The molecular formula is C20H14Cl2N4OS2. The molecule has 5 nitrogen and oxygen atoms in total. The Morgan fingerprint density at radius 2 is 1.86 bits per heavy atom. The number of hydrogen-bond acceptors (Lipinski definition) is 5. The molecule has 0 bridgehead atoms. The number of anilines is 1. The van der Waals surface area contributed by atoms with E-state index in [1.165, 1.54) is 11.8 Å². The molecule has 2 aromatic carbocycles. The summed E-state index contributed by atoms with van der Waals surface area (Å²) < 4.78 is 1.93. The second kappa shape index (κ2) is 9.00. The van der Waals surface area contributed by atoms with Gasteiger partial charge in [0, 0.05) is 21.4 Å². The monoisotopic (exact) mass is 460 g/mol. The number of benzene rings is 2. The molecule has 1 N–H and O–H groups in total. The fourth-order valence-electron chi connectivity index (χ4n) is 2.65. The second-order valence-corrected chi connectivity index (χ2v) is 8.71. The zero-order valence-electron chi connectivity index (χ0n) is 14.9. The molecule has 1 amide bonds. The number of carbonyl (C=O) groups is 1. The summed E-state index contributed by atoms with van der Waals surface area (Å²) in [6, 6.07) is 18.4. The topological polar surface area (TPSA) is 59.8 Å². The first-order valence-corrected chi connectivity index (χ1v) is 11.2. The van der Waals surface area contributed by atoms with E-state index in [0.717, 1.165) is 16.4 Å². The van der Waals surface area contributed by atoms with Gasteiger partial charge in [-0.25, -0.2) is 0 Å². The number of hydrogen-bond donors (Lipinski definition) is 1. The second-order valence-electron chi connectivity index (χ2n) is 5.94. The standard InChI is InChI=1S/C20H14Cl2N4OS2/c21-13-6-8-16(9-7-13)26-19(17-5-2-10-28-17)24-25-20(26)29-12-18(27)23-15-4-1-3-14(22)11-15/h1-11H,12H2,(H,23,27). The molecule has 0 radical (unpaired) electrons. The van der Waals surface area contributed by atoms with Crippen LogP contribution in [0.25, 0.3) is 16.4 Å². The minimum atomic E-state index is -0.152. The highest BCUT2D eigenvalue weighted by Crippen LogP contribution is 2.31. The molecule has 4 aromatic rings. The summed E-state index contributed by atoms with van der Waals surface area (Å²) in [5, 5.41) is 15.3. The van der Waals surface area contributed by atoms with Crippen LogP contribution in [0.1, 0.15) is 0 Å². The van der Waals surface area contributed by atoms with E-state index < -0.39 is 0 Å². The number of thiophene rings is 1. The van der Waals surface area contributed by atoms with Gasteiger partial charge in [0.1, 0.15) is 0 Å². The van der Waals surface area contributed by atoms with Crippen LogP contribution in [0.15, 0.2) is 71.2 Å². The van der Waals surface area contributed by atoms with Gasteiger partial charge in [0.15, 0.2) is 11.0 Å². The lowest BCUT2D eigenvalue weighted by atomic mass is 10.3. The van der Waals surface area contributed by atoms with Crippen molar-refractivity contribution in [3.05, 3.63) is 76.1 Å². The number of aromatic nitrogens is 3. The first kappa shape index (κ1) is 20.0. The third-order valence-corrected chi connectivity index (χ3v) is 6.18. The van der Waals surface area contributed by atoms with Gasteiger partial charge >= 0.3 is 0 Å². The van der Waals surface area contributed by atoms with E-state index in [0.29, 0.717) is 20.9 Å². The van der Waals surface area contributed by atoms with Crippen LogP contribution in [-0.4, -0.2) is 26.4 Å². The van der Waals surface area contributed by atoms with E-state index in [1.54, 1.807) is 35.6 Å². The van der Waals surface area contributed by atoms with Crippen LogP contribution in [0, 0.1) is 0 Å². The number of halogens is 2. The van der Waals surface area contributed by atoms with E-state index in [9.17, 15) is 4.79 Å². The third kappa shape index (κ3) is 4.82. The maximum atomic E-state index is 12.4. The maximum absolute atomic E-state index is 12.4. The average molecular weight is 461 g/mol. The number of thioether (sulfide) groups is 1. The lowest BCUT2D eigenvalue weighted by Gasteiger charge is -2.10. The molecule has 2 heterocycles. The summed E-state index contributed by atoms with van der Waals surface area (Å²) in [7, 11) is 0. The lowest BCUT2D eigenvalue weighted by Crippen LogP contribution is -2.14. The van der Waals surface area contributed by atoms with E-state index in [-0.39, 0.29) is 11.7 Å². The van der Waals surface area contributed by atoms with Gasteiger partial charge in [-0.05, 0) is 53.9 Å². The SMILES string of the molecule is O=C(CSc1nnc(-c2cccs2)n1-c1ccc(Cl)cc1)Nc1cccc(Cl)c1. The molecule has 0 aliphatic heterocycles. The van der Waals surface area contributed by atoms with Crippen LogP contribution >= 0.6 is 46.3 Å². The van der Waals surface area contributed by atoms with Crippen molar-refractivity contribution in [3.8, 4) is 16.4 Å². The molecule has 0 fully saturated rings. The zero-order valence-corrected chi connectivity index (χ0v) is 18.0. The van der Waals surface area contributed by atoms with Gasteiger partial charge in [0.05, 0.1) is 10.6 Å². The first-order chi connectivity index (χ1) is 14.1. The number of amides is 1. The Labute approximate surface area is 185 Å². The van der Waals surface area contributed by atoms with Crippen molar-refractivity contribution >= 4 is 57.9 Å². The molecule has 29 heavy (non-hydrogen) atoms. The Hall–Kier alpha value is -2.32. The molecule has 0 saturated carbocycles. The Bertz CT molecular complexity index is 1130. The van der Waals surface area contributed by atoms with Crippen LogP contribution in [0.2, 0.25) is 10.0 Å². The predicted octanol–water partition coefficient (Wildman–Crippen LogP) is 6.03. The molecule has 0 saturated heterocycles. The Balaban J connectivity index is 1.57. The summed E-state index contributed by atoms with van der Waals surface area (Å²) in [6.45, 7) is 0. The molecule has 0 unspecified atom stereocenters. The van der Waals surface area contributed by atoms with E-state index in [4.69, 9.17) is 23.2 Å². The van der Waals surface area contributed by atoms with Crippen LogP contribution in [0.3, 0.4) is 0 Å². The maximum Gasteiger partial charge on any atom is 0.234 e. The predicted molar refractivity (Wildman–Crippen MR) is 120 cm³/mol. The summed E-state index contributed by atoms with van der Waals surface area (Å²) in [4.78, 5) is 13.4. The fourth-order valence-corrected chi connectivity index (χ4v) is 4.41. The fraction of sp³-hybridized carbons (Fsp3) is 0.0500. The largest absolute Gasteiger partial charge is 0.325 e. The molecule has 0 atom stereocenters. The molecular weight excluding hydrogens is 447 g/mol. The minimum Gasteiger partial charge on any atom is -0.325 e. The van der Waals surface area contributed by atoms with Crippen molar-refractivity contribution in [2.24, 2.45) is 0 Å². The highest BCUT2D eigenvalue weighted by molar-refractivity contribution is 7.99. The van der Waals surface area contributed by atoms with Crippen LogP contribution in [0.5, 0.6) is 0 Å². The highest BCUT2D eigenvalue weighted by Gasteiger charge is 2.18. The van der Waals surface area contributed by atoms with Crippen LogP contribution in [0.4, 0.5) is 5.69 Å². The van der Waals surface area contributed by atoms with E-state index in [1.807, 2.05) is 46.3 Å². The van der Waals surface area contributed by atoms with Gasteiger partial charge in [-0.2, -0.15) is 0 Å². The molecule has 2 aromatic heterocycles. The van der Waals surface area contributed by atoms with Gasteiger partial charge in [-0.3, -0.25) is 9.36 Å². The average Bonchev–Trinajstić information content (AvgIpc) is 3.37. The highest BCUT2D eigenvalue weighted by atomic mass is 35.5. The summed E-state index contributed by atoms with van der Waals surface area (Å²) in [5.74, 6) is 0.753. The molecule has 0 aliphatic rings. The van der Waals surface area contributed by atoms with Crippen molar-refractivity contribution in [1.29, 1.82) is 0 Å². The zero-order chi connectivity index (χ0) is 20.2. The van der Waals surface area contributed by atoms with Crippen molar-refractivity contribution < 1.29 is 4.79 Å². The molecule has 0 spiro atoms. The van der Waals surface area contributed by atoms with Gasteiger partial charge in [-0.15, -0.1) is 21.5 Å².